The summed E-state index contributed by atoms with van der Waals surface area (Å²) >= 11 is 0. The first-order valence-corrected chi connectivity index (χ1v) is 7.12. The SMILES string of the molecule is CCC(CC)(CN)C(=O)N(C)Cc1ccccc1OC.Cl. The van der Waals surface area contributed by atoms with Crippen LogP contribution >= 0.6 is 12.4 Å². The number of carbonyl (C=O) groups excluding carboxylic acids is 1. The van der Waals surface area contributed by atoms with Crippen molar-refractivity contribution < 1.29 is 9.53 Å². The van der Waals surface area contributed by atoms with E-state index in [4.69, 9.17) is 10.5 Å². The second-order valence-electron chi connectivity index (χ2n) is 5.16. The standard InChI is InChI=1S/C16H26N2O2.ClH/c1-5-16(6-2,12-17)15(19)18(3)11-13-9-7-8-10-14(13)20-4;/h7-10H,5-6,11-12,17H2,1-4H3;1H. The van der Waals surface area contributed by atoms with Gasteiger partial charge in [0.25, 0.3) is 0 Å². The number of amides is 1. The Kier molecular flexibility index (Phi) is 8.37. The van der Waals surface area contributed by atoms with Crippen LogP contribution < -0.4 is 10.5 Å². The van der Waals surface area contributed by atoms with Crippen LogP contribution in [0.5, 0.6) is 5.75 Å². The number of hydrogen-bond acceptors (Lipinski definition) is 3. The zero-order chi connectivity index (χ0) is 15.2. The molecule has 0 spiro atoms. The van der Waals surface area contributed by atoms with E-state index >= 15 is 0 Å². The van der Waals surface area contributed by atoms with Gasteiger partial charge in [-0.25, -0.2) is 0 Å². The summed E-state index contributed by atoms with van der Waals surface area (Å²) in [5.41, 5.74) is 6.40. The predicted molar refractivity (Wildman–Crippen MR) is 88.8 cm³/mol. The average Bonchev–Trinajstić information content (AvgIpc) is 2.50. The molecule has 0 heterocycles. The number of benzene rings is 1. The number of halogens is 1. The van der Waals surface area contributed by atoms with Crippen LogP contribution in [0.25, 0.3) is 0 Å². The molecule has 1 aromatic carbocycles. The first-order valence-electron chi connectivity index (χ1n) is 7.12. The summed E-state index contributed by atoms with van der Waals surface area (Å²) in [6, 6.07) is 7.76. The Hall–Kier alpha value is -1.26. The number of rotatable bonds is 7. The maximum Gasteiger partial charge on any atom is 0.230 e. The van der Waals surface area contributed by atoms with Crippen molar-refractivity contribution in [1.82, 2.24) is 4.90 Å². The van der Waals surface area contributed by atoms with Gasteiger partial charge in [-0.1, -0.05) is 32.0 Å². The Balaban J connectivity index is 0.00000400. The van der Waals surface area contributed by atoms with Gasteiger partial charge in [0.05, 0.1) is 12.5 Å². The topological polar surface area (TPSA) is 55.6 Å². The number of nitrogens with zero attached hydrogens (tertiary/aromatic N) is 1. The highest BCUT2D eigenvalue weighted by Gasteiger charge is 2.35. The third-order valence-corrected chi connectivity index (χ3v) is 4.14. The second-order valence-corrected chi connectivity index (χ2v) is 5.16. The molecule has 2 N–H and O–H groups in total. The third-order valence-electron chi connectivity index (χ3n) is 4.14. The molecule has 5 heteroatoms. The van der Waals surface area contributed by atoms with Gasteiger partial charge in [0.1, 0.15) is 5.75 Å². The van der Waals surface area contributed by atoms with Crippen LogP contribution in [0, 0.1) is 5.41 Å². The van der Waals surface area contributed by atoms with E-state index in [1.54, 1.807) is 12.0 Å². The van der Waals surface area contributed by atoms with Gasteiger partial charge in [0, 0.05) is 25.7 Å². The van der Waals surface area contributed by atoms with E-state index in [0.29, 0.717) is 13.1 Å². The quantitative estimate of drug-likeness (QED) is 0.842. The van der Waals surface area contributed by atoms with Crippen LogP contribution in [0.15, 0.2) is 24.3 Å². The van der Waals surface area contributed by atoms with Crippen LogP contribution in [0.2, 0.25) is 0 Å². The Morgan fingerprint density at radius 2 is 1.86 bits per heavy atom. The van der Waals surface area contributed by atoms with Gasteiger partial charge in [-0.2, -0.15) is 0 Å². The minimum atomic E-state index is -0.448. The molecule has 0 saturated carbocycles. The summed E-state index contributed by atoms with van der Waals surface area (Å²) < 4.78 is 5.33. The van der Waals surface area contributed by atoms with Gasteiger partial charge in [-0.05, 0) is 18.9 Å². The van der Waals surface area contributed by atoms with Crippen LogP contribution in [-0.2, 0) is 11.3 Å². The highest BCUT2D eigenvalue weighted by Crippen LogP contribution is 2.28. The van der Waals surface area contributed by atoms with Crippen molar-refractivity contribution in [3.63, 3.8) is 0 Å². The molecule has 1 amide bonds. The number of hydrogen-bond donors (Lipinski definition) is 1. The van der Waals surface area contributed by atoms with E-state index in [-0.39, 0.29) is 18.3 Å². The smallest absolute Gasteiger partial charge is 0.230 e. The summed E-state index contributed by atoms with van der Waals surface area (Å²) in [6.07, 6.45) is 1.52. The van der Waals surface area contributed by atoms with Gasteiger partial charge < -0.3 is 15.4 Å². The first-order chi connectivity index (χ1) is 9.54. The van der Waals surface area contributed by atoms with Crippen molar-refractivity contribution in [3.05, 3.63) is 29.8 Å². The van der Waals surface area contributed by atoms with Gasteiger partial charge in [0.15, 0.2) is 0 Å². The molecule has 0 aliphatic heterocycles. The lowest BCUT2D eigenvalue weighted by atomic mass is 9.81. The molecule has 0 radical (unpaired) electrons. The highest BCUT2D eigenvalue weighted by molar-refractivity contribution is 5.85. The molecule has 0 atom stereocenters. The monoisotopic (exact) mass is 314 g/mol. The number of methoxy groups -OCH3 is 1. The van der Waals surface area contributed by atoms with Crippen LogP contribution in [0.1, 0.15) is 32.3 Å². The number of carbonyl (C=O) groups is 1. The molecule has 0 saturated heterocycles. The van der Waals surface area contributed by atoms with E-state index in [2.05, 4.69) is 0 Å². The lowest BCUT2D eigenvalue weighted by Crippen LogP contribution is -2.45. The molecule has 1 rings (SSSR count). The molecule has 21 heavy (non-hydrogen) atoms. The molecule has 0 bridgehead atoms. The molecule has 0 aromatic heterocycles. The molecule has 0 aliphatic carbocycles. The third kappa shape index (κ3) is 4.35. The summed E-state index contributed by atoms with van der Waals surface area (Å²) in [7, 11) is 3.47. The molecule has 0 aliphatic rings. The van der Waals surface area contributed by atoms with Gasteiger partial charge >= 0.3 is 0 Å². The minimum Gasteiger partial charge on any atom is -0.496 e. The van der Waals surface area contributed by atoms with E-state index < -0.39 is 5.41 Å². The molecule has 0 unspecified atom stereocenters. The zero-order valence-electron chi connectivity index (χ0n) is 13.4. The summed E-state index contributed by atoms with van der Waals surface area (Å²) in [5.74, 6) is 0.911. The Morgan fingerprint density at radius 3 is 2.33 bits per heavy atom. The lowest BCUT2D eigenvalue weighted by Gasteiger charge is -2.33. The summed E-state index contributed by atoms with van der Waals surface area (Å²) in [4.78, 5) is 14.4. The van der Waals surface area contributed by atoms with Crippen LogP contribution in [0.3, 0.4) is 0 Å². The summed E-state index contributed by atoms with van der Waals surface area (Å²) in [6.45, 7) is 4.95. The molecule has 1 aromatic rings. The average molecular weight is 315 g/mol. The van der Waals surface area contributed by atoms with Crippen LogP contribution in [-0.4, -0.2) is 31.5 Å². The first kappa shape index (κ1) is 19.7. The predicted octanol–water partition coefficient (Wildman–Crippen LogP) is 2.84. The Bertz CT molecular complexity index is 439. The van der Waals surface area contributed by atoms with E-state index in [1.165, 1.54) is 0 Å². The molecule has 120 valence electrons. The number of nitrogens with two attached hydrogens (primary N) is 1. The lowest BCUT2D eigenvalue weighted by molar-refractivity contribution is -0.141. The number of ether oxygens (including phenoxy) is 1. The molecular formula is C16H27ClN2O2. The van der Waals surface area contributed by atoms with Gasteiger partial charge in [-0.15, -0.1) is 12.4 Å². The molecule has 0 fully saturated rings. The Morgan fingerprint density at radius 1 is 1.29 bits per heavy atom. The fourth-order valence-corrected chi connectivity index (χ4v) is 2.49. The van der Waals surface area contributed by atoms with Crippen molar-refractivity contribution in [1.29, 1.82) is 0 Å². The van der Waals surface area contributed by atoms with Crippen molar-refractivity contribution in [2.24, 2.45) is 11.1 Å². The molecular weight excluding hydrogens is 288 g/mol. The largest absolute Gasteiger partial charge is 0.496 e. The number of para-hydroxylation sites is 1. The Labute approximate surface area is 134 Å². The molecule has 4 nitrogen and oxygen atoms in total. The van der Waals surface area contributed by atoms with Crippen LogP contribution in [0.4, 0.5) is 0 Å². The van der Waals surface area contributed by atoms with Gasteiger partial charge in [0.2, 0.25) is 5.91 Å². The maximum atomic E-state index is 12.7. The van der Waals surface area contributed by atoms with Crippen molar-refractivity contribution in [3.8, 4) is 5.75 Å². The van der Waals surface area contributed by atoms with Crippen molar-refractivity contribution in [2.45, 2.75) is 33.2 Å². The maximum absolute atomic E-state index is 12.7. The van der Waals surface area contributed by atoms with E-state index in [9.17, 15) is 4.79 Å². The second kappa shape index (κ2) is 8.90. The normalized spacial score (nSPS) is 10.7. The fourth-order valence-electron chi connectivity index (χ4n) is 2.49. The van der Waals surface area contributed by atoms with Crippen molar-refractivity contribution in [2.75, 3.05) is 20.7 Å². The fraction of sp³-hybridized carbons (Fsp3) is 0.562. The van der Waals surface area contributed by atoms with E-state index in [1.807, 2.05) is 45.2 Å². The van der Waals surface area contributed by atoms with Crippen molar-refractivity contribution >= 4 is 18.3 Å². The zero-order valence-corrected chi connectivity index (χ0v) is 14.2. The van der Waals surface area contributed by atoms with Gasteiger partial charge in [-0.3, -0.25) is 4.79 Å². The minimum absolute atomic E-state index is 0. The highest BCUT2D eigenvalue weighted by atomic mass is 35.5. The van der Waals surface area contributed by atoms with E-state index in [0.717, 1.165) is 24.2 Å². The summed E-state index contributed by atoms with van der Waals surface area (Å²) in [5, 5.41) is 0.